The number of benzene rings is 1. The van der Waals surface area contributed by atoms with Crippen molar-refractivity contribution in [1.82, 2.24) is 0 Å². The van der Waals surface area contributed by atoms with Gasteiger partial charge in [0, 0.05) is 18.8 Å². The number of aliphatic hydroxyl groups excluding tert-OH is 1. The topological polar surface area (TPSA) is 23.5 Å². The maximum Gasteiger partial charge on any atom is 1.00 e. The van der Waals surface area contributed by atoms with E-state index >= 15 is 0 Å². The van der Waals surface area contributed by atoms with Gasteiger partial charge in [-0.2, -0.15) is 0 Å². The second-order valence-corrected chi connectivity index (χ2v) is 3.14. The predicted octanol–water partition coefficient (Wildman–Crippen LogP) is -1.07. The molecule has 0 bridgehead atoms. The number of aliphatic hydroxyl groups is 1. The summed E-state index contributed by atoms with van der Waals surface area (Å²) in [4.78, 5) is 2.16. The molecule has 0 unspecified atom stereocenters. The van der Waals surface area contributed by atoms with Gasteiger partial charge < -0.3 is 11.4 Å². The molecule has 1 rings (SSSR count). The Morgan fingerprint density at radius 1 is 1.43 bits per heavy atom. The van der Waals surface area contributed by atoms with Gasteiger partial charge in [0.15, 0.2) is 0 Å². The molecule has 0 aliphatic rings. The van der Waals surface area contributed by atoms with E-state index in [0.717, 1.165) is 6.54 Å². The molecule has 14 heavy (non-hydrogen) atoms. The van der Waals surface area contributed by atoms with Crippen molar-refractivity contribution in [2.45, 2.75) is 13.8 Å². The van der Waals surface area contributed by atoms with Crippen LogP contribution < -0.4 is 34.5 Å². The van der Waals surface area contributed by atoms with Crippen LogP contribution >= 0.6 is 0 Å². The van der Waals surface area contributed by atoms with Gasteiger partial charge in [0.25, 0.3) is 0 Å². The van der Waals surface area contributed by atoms with Crippen LogP contribution in [0.15, 0.2) is 24.3 Å². The number of anilines is 1. The average Bonchev–Trinajstić information content (AvgIpc) is 2.14. The van der Waals surface area contributed by atoms with Crippen LogP contribution in [0.2, 0.25) is 0 Å². The Balaban J connectivity index is 0. The first-order chi connectivity index (χ1) is 6.27. The van der Waals surface area contributed by atoms with Crippen LogP contribution in [0.25, 0.3) is 0 Å². The van der Waals surface area contributed by atoms with Crippen molar-refractivity contribution >= 4 is 5.69 Å². The zero-order valence-corrected chi connectivity index (χ0v) is 11.3. The first-order valence-electron chi connectivity index (χ1n) is 4.70. The molecule has 0 atom stereocenters. The van der Waals surface area contributed by atoms with E-state index in [1.165, 1.54) is 11.3 Å². The molecule has 0 saturated heterocycles. The number of hydrogen-bond donors (Lipinski definition) is 1. The second-order valence-electron chi connectivity index (χ2n) is 3.14. The first-order valence-corrected chi connectivity index (χ1v) is 4.70. The molecule has 1 N–H and O–H groups in total. The number of rotatable bonds is 4. The molecular weight excluding hydrogens is 185 g/mol. The van der Waals surface area contributed by atoms with Crippen molar-refractivity contribution < 1.29 is 36.1 Å². The van der Waals surface area contributed by atoms with E-state index in [1.54, 1.807) is 0 Å². The van der Waals surface area contributed by atoms with Gasteiger partial charge in [-0.15, -0.1) is 0 Å². The summed E-state index contributed by atoms with van der Waals surface area (Å²) < 4.78 is 0. The predicted molar refractivity (Wildman–Crippen MR) is 57.3 cm³/mol. The van der Waals surface area contributed by atoms with E-state index < -0.39 is 0 Å². The monoisotopic (exact) mass is 203 g/mol. The van der Waals surface area contributed by atoms with Crippen LogP contribution in [0.1, 0.15) is 13.9 Å². The van der Waals surface area contributed by atoms with E-state index in [0.29, 0.717) is 6.54 Å². The molecule has 1 aromatic rings. The third-order valence-electron chi connectivity index (χ3n) is 2.12. The van der Waals surface area contributed by atoms with E-state index in [-0.39, 0.29) is 37.6 Å². The van der Waals surface area contributed by atoms with Gasteiger partial charge in [0.2, 0.25) is 0 Å². The molecule has 3 heteroatoms. The van der Waals surface area contributed by atoms with Crippen molar-refractivity contribution in [3.63, 3.8) is 0 Å². The summed E-state index contributed by atoms with van der Waals surface area (Å²) in [7, 11) is 0. The summed E-state index contributed by atoms with van der Waals surface area (Å²) >= 11 is 0. The van der Waals surface area contributed by atoms with Crippen LogP contribution in [0, 0.1) is 6.92 Å². The first kappa shape index (κ1) is 14.0. The molecule has 0 saturated carbocycles. The molecule has 74 valence electrons. The smallest absolute Gasteiger partial charge is 1.00 e. The van der Waals surface area contributed by atoms with Crippen LogP contribution in [-0.2, 0) is 0 Å². The Kier molecular flexibility index (Phi) is 7.28. The third kappa shape index (κ3) is 4.01. The molecule has 0 spiro atoms. The summed E-state index contributed by atoms with van der Waals surface area (Å²) in [6, 6.07) is 8.34. The molecule has 0 fully saturated rings. The van der Waals surface area contributed by atoms with Gasteiger partial charge in [-0.1, -0.05) is 12.1 Å². The standard InChI is InChI=1S/C11H17NO.Na.H/c1-3-12(7-8-13)11-6-4-5-10(2)9-11;;/h4-6,9,13H,3,7-8H2,1-2H3;;/q;+1;-1. The summed E-state index contributed by atoms with van der Waals surface area (Å²) in [5.74, 6) is 0. The SMILES string of the molecule is CCN(CCO)c1cccc(C)c1.[H-].[Na+]. The van der Waals surface area contributed by atoms with Crippen molar-refractivity contribution in [3.8, 4) is 0 Å². The molecule has 0 heterocycles. The van der Waals surface area contributed by atoms with Gasteiger partial charge in [-0.3, -0.25) is 0 Å². The van der Waals surface area contributed by atoms with Gasteiger partial charge in [0.1, 0.15) is 0 Å². The van der Waals surface area contributed by atoms with Gasteiger partial charge in [-0.05, 0) is 31.5 Å². The Labute approximate surface area is 110 Å². The Morgan fingerprint density at radius 2 is 2.14 bits per heavy atom. The fourth-order valence-electron chi connectivity index (χ4n) is 1.42. The summed E-state index contributed by atoms with van der Waals surface area (Å²) in [5, 5.41) is 8.86. The number of likely N-dealkylation sites (N-methyl/N-ethyl adjacent to an activating group) is 1. The van der Waals surface area contributed by atoms with E-state index in [4.69, 9.17) is 5.11 Å². The molecule has 0 amide bonds. The molecule has 0 radical (unpaired) electrons. The number of aryl methyl sites for hydroxylation is 1. The van der Waals surface area contributed by atoms with E-state index in [1.807, 2.05) is 6.07 Å². The molecule has 0 aromatic heterocycles. The van der Waals surface area contributed by atoms with Gasteiger partial charge >= 0.3 is 29.6 Å². The summed E-state index contributed by atoms with van der Waals surface area (Å²) in [6.45, 7) is 6.03. The van der Waals surface area contributed by atoms with E-state index in [9.17, 15) is 0 Å². The Bertz CT molecular complexity index is 271. The Morgan fingerprint density at radius 3 is 2.64 bits per heavy atom. The van der Waals surface area contributed by atoms with Crippen LogP contribution in [0.4, 0.5) is 5.69 Å². The number of hydrogen-bond acceptors (Lipinski definition) is 2. The third-order valence-corrected chi connectivity index (χ3v) is 2.12. The largest absolute Gasteiger partial charge is 1.00 e. The quantitative estimate of drug-likeness (QED) is 0.630. The van der Waals surface area contributed by atoms with Crippen molar-refractivity contribution in [2.24, 2.45) is 0 Å². The van der Waals surface area contributed by atoms with E-state index in [2.05, 4.69) is 36.9 Å². The summed E-state index contributed by atoms with van der Waals surface area (Å²) in [6.07, 6.45) is 0. The van der Waals surface area contributed by atoms with Crippen LogP contribution in [-0.4, -0.2) is 24.8 Å². The van der Waals surface area contributed by atoms with Gasteiger partial charge in [-0.25, -0.2) is 0 Å². The fraction of sp³-hybridized carbons (Fsp3) is 0.455. The average molecular weight is 203 g/mol. The van der Waals surface area contributed by atoms with Crippen molar-refractivity contribution in [3.05, 3.63) is 29.8 Å². The zero-order valence-electron chi connectivity index (χ0n) is 10.3. The normalized spacial score (nSPS) is 9.36. The molecule has 0 aliphatic carbocycles. The maximum atomic E-state index is 8.86. The molecular formula is C11H18NNaO. The summed E-state index contributed by atoms with van der Waals surface area (Å²) in [5.41, 5.74) is 2.45. The maximum absolute atomic E-state index is 8.86. The molecule has 0 aliphatic heterocycles. The minimum absolute atomic E-state index is 0. The second kappa shape index (κ2) is 7.30. The van der Waals surface area contributed by atoms with Crippen LogP contribution in [0.5, 0.6) is 0 Å². The fourth-order valence-corrected chi connectivity index (χ4v) is 1.42. The zero-order chi connectivity index (χ0) is 9.68. The number of nitrogens with zero attached hydrogens (tertiary/aromatic N) is 1. The van der Waals surface area contributed by atoms with Gasteiger partial charge in [0.05, 0.1) is 6.61 Å². The van der Waals surface area contributed by atoms with Crippen molar-refractivity contribution in [1.29, 1.82) is 0 Å². The van der Waals surface area contributed by atoms with Crippen molar-refractivity contribution in [2.75, 3.05) is 24.6 Å². The minimum Gasteiger partial charge on any atom is -1.00 e. The van der Waals surface area contributed by atoms with Crippen LogP contribution in [0.3, 0.4) is 0 Å². The molecule has 2 nitrogen and oxygen atoms in total. The molecule has 1 aromatic carbocycles. The minimum atomic E-state index is 0. The Hall–Kier alpha value is -0.0200.